The van der Waals surface area contributed by atoms with Crippen molar-refractivity contribution >= 4 is 5.91 Å². The highest BCUT2D eigenvalue weighted by Crippen LogP contribution is 2.29. The van der Waals surface area contributed by atoms with E-state index in [0.717, 1.165) is 30.6 Å². The van der Waals surface area contributed by atoms with Crippen LogP contribution in [0.2, 0.25) is 0 Å². The SMILES string of the molecule is COc1ccc(C(C)(C)C)cc1CCNC(=O)C1CC1. The molecular weight excluding hydrogens is 250 g/mol. The van der Waals surface area contributed by atoms with Crippen LogP contribution in [0.15, 0.2) is 18.2 Å². The van der Waals surface area contributed by atoms with Gasteiger partial charge in [0.15, 0.2) is 0 Å². The Hall–Kier alpha value is -1.51. The van der Waals surface area contributed by atoms with E-state index >= 15 is 0 Å². The Kier molecular flexibility index (Phi) is 4.36. The van der Waals surface area contributed by atoms with E-state index in [1.165, 1.54) is 5.56 Å². The third kappa shape index (κ3) is 3.75. The summed E-state index contributed by atoms with van der Waals surface area (Å²) >= 11 is 0. The van der Waals surface area contributed by atoms with E-state index < -0.39 is 0 Å². The standard InChI is InChI=1S/C17H25NO2/c1-17(2,3)14-7-8-15(20-4)13(11-14)9-10-18-16(19)12-5-6-12/h7-8,11-12H,5-6,9-10H2,1-4H3,(H,18,19). The van der Waals surface area contributed by atoms with Crippen molar-refractivity contribution in [3.05, 3.63) is 29.3 Å². The maximum absolute atomic E-state index is 11.6. The molecule has 0 heterocycles. The zero-order chi connectivity index (χ0) is 14.8. The minimum absolute atomic E-state index is 0.123. The zero-order valence-corrected chi connectivity index (χ0v) is 13.0. The van der Waals surface area contributed by atoms with Gasteiger partial charge in [-0.2, -0.15) is 0 Å². The average molecular weight is 275 g/mol. The highest BCUT2D eigenvalue weighted by molar-refractivity contribution is 5.80. The van der Waals surface area contributed by atoms with E-state index in [-0.39, 0.29) is 17.2 Å². The molecule has 110 valence electrons. The Morgan fingerprint density at radius 2 is 2.05 bits per heavy atom. The van der Waals surface area contributed by atoms with Gasteiger partial charge >= 0.3 is 0 Å². The van der Waals surface area contributed by atoms with Crippen molar-refractivity contribution in [2.45, 2.75) is 45.4 Å². The highest BCUT2D eigenvalue weighted by Gasteiger charge is 2.29. The number of carbonyl (C=O) groups is 1. The number of carbonyl (C=O) groups excluding carboxylic acids is 1. The smallest absolute Gasteiger partial charge is 0.223 e. The number of methoxy groups -OCH3 is 1. The molecule has 0 saturated heterocycles. The van der Waals surface area contributed by atoms with Crippen molar-refractivity contribution in [2.24, 2.45) is 5.92 Å². The predicted molar refractivity (Wildman–Crippen MR) is 81.1 cm³/mol. The molecule has 1 N–H and O–H groups in total. The van der Waals surface area contributed by atoms with E-state index in [0.29, 0.717) is 6.54 Å². The van der Waals surface area contributed by atoms with E-state index in [4.69, 9.17) is 4.74 Å². The molecule has 0 radical (unpaired) electrons. The Bertz CT molecular complexity index is 484. The molecule has 0 spiro atoms. The summed E-state index contributed by atoms with van der Waals surface area (Å²) < 4.78 is 5.42. The predicted octanol–water partition coefficient (Wildman–Crippen LogP) is 3.06. The third-order valence-corrected chi connectivity index (χ3v) is 3.79. The van der Waals surface area contributed by atoms with Crippen molar-refractivity contribution in [2.75, 3.05) is 13.7 Å². The van der Waals surface area contributed by atoms with Crippen LogP contribution in [0.1, 0.15) is 44.7 Å². The molecule has 0 aromatic heterocycles. The molecule has 3 nitrogen and oxygen atoms in total. The number of nitrogens with one attached hydrogen (secondary N) is 1. The number of hydrogen-bond acceptors (Lipinski definition) is 2. The topological polar surface area (TPSA) is 38.3 Å². The number of ether oxygens (including phenoxy) is 1. The van der Waals surface area contributed by atoms with Crippen LogP contribution in [-0.2, 0) is 16.6 Å². The van der Waals surface area contributed by atoms with Crippen LogP contribution >= 0.6 is 0 Å². The van der Waals surface area contributed by atoms with Crippen LogP contribution in [0.5, 0.6) is 5.75 Å². The summed E-state index contributed by atoms with van der Waals surface area (Å²) in [5, 5.41) is 3.01. The second kappa shape index (κ2) is 5.86. The van der Waals surface area contributed by atoms with Crippen LogP contribution in [-0.4, -0.2) is 19.6 Å². The van der Waals surface area contributed by atoms with Gasteiger partial charge in [-0.05, 0) is 41.9 Å². The molecule has 0 aliphatic heterocycles. The molecule has 0 atom stereocenters. The van der Waals surface area contributed by atoms with E-state index in [2.05, 4.69) is 38.2 Å². The maximum atomic E-state index is 11.6. The summed E-state index contributed by atoms with van der Waals surface area (Å²) in [6, 6.07) is 6.34. The first-order chi connectivity index (χ1) is 9.41. The van der Waals surface area contributed by atoms with Gasteiger partial charge in [-0.3, -0.25) is 4.79 Å². The van der Waals surface area contributed by atoms with Crippen molar-refractivity contribution in [3.8, 4) is 5.75 Å². The quantitative estimate of drug-likeness (QED) is 0.897. The monoisotopic (exact) mass is 275 g/mol. The maximum Gasteiger partial charge on any atom is 0.223 e. The summed E-state index contributed by atoms with van der Waals surface area (Å²) in [5.74, 6) is 1.38. The second-order valence-electron chi connectivity index (χ2n) is 6.59. The van der Waals surface area contributed by atoms with Gasteiger partial charge in [0.25, 0.3) is 0 Å². The first-order valence-corrected chi connectivity index (χ1v) is 7.37. The molecule has 1 amide bonds. The van der Waals surface area contributed by atoms with Crippen molar-refractivity contribution in [3.63, 3.8) is 0 Å². The molecule has 0 unspecified atom stereocenters. The van der Waals surface area contributed by atoms with Gasteiger partial charge in [-0.15, -0.1) is 0 Å². The fraction of sp³-hybridized carbons (Fsp3) is 0.588. The first-order valence-electron chi connectivity index (χ1n) is 7.37. The lowest BCUT2D eigenvalue weighted by atomic mass is 9.85. The number of rotatable bonds is 5. The number of benzene rings is 1. The fourth-order valence-corrected chi connectivity index (χ4v) is 2.25. The average Bonchev–Trinajstić information content (AvgIpc) is 3.21. The highest BCUT2D eigenvalue weighted by atomic mass is 16.5. The van der Waals surface area contributed by atoms with Crippen LogP contribution in [0.25, 0.3) is 0 Å². The van der Waals surface area contributed by atoms with E-state index in [1.54, 1.807) is 7.11 Å². The van der Waals surface area contributed by atoms with E-state index in [9.17, 15) is 4.79 Å². The Morgan fingerprint density at radius 3 is 2.60 bits per heavy atom. The summed E-state index contributed by atoms with van der Waals surface area (Å²) in [5.41, 5.74) is 2.58. The normalized spacial score (nSPS) is 15.0. The zero-order valence-electron chi connectivity index (χ0n) is 13.0. The molecule has 1 aromatic rings. The van der Waals surface area contributed by atoms with Crippen molar-refractivity contribution in [1.29, 1.82) is 0 Å². The van der Waals surface area contributed by atoms with Crippen molar-refractivity contribution in [1.82, 2.24) is 5.32 Å². The lowest BCUT2D eigenvalue weighted by Gasteiger charge is -2.21. The first kappa shape index (κ1) is 14.9. The molecule has 3 heteroatoms. The molecular formula is C17H25NO2. The number of amides is 1. The molecule has 1 saturated carbocycles. The van der Waals surface area contributed by atoms with E-state index in [1.807, 2.05) is 6.07 Å². The molecule has 1 fully saturated rings. The largest absolute Gasteiger partial charge is 0.496 e. The third-order valence-electron chi connectivity index (χ3n) is 3.79. The van der Waals surface area contributed by atoms with Gasteiger partial charge in [0.05, 0.1) is 7.11 Å². The van der Waals surface area contributed by atoms with Crippen LogP contribution in [0.3, 0.4) is 0 Å². The molecule has 20 heavy (non-hydrogen) atoms. The Morgan fingerprint density at radius 1 is 1.35 bits per heavy atom. The molecule has 1 aliphatic carbocycles. The molecule has 2 rings (SSSR count). The van der Waals surface area contributed by atoms with Gasteiger partial charge in [-0.1, -0.05) is 32.9 Å². The van der Waals surface area contributed by atoms with Crippen LogP contribution < -0.4 is 10.1 Å². The van der Waals surface area contributed by atoms with Crippen molar-refractivity contribution < 1.29 is 9.53 Å². The molecule has 1 aromatic carbocycles. The Balaban J connectivity index is 2.02. The lowest BCUT2D eigenvalue weighted by Crippen LogP contribution is -2.27. The minimum Gasteiger partial charge on any atom is -0.496 e. The fourth-order valence-electron chi connectivity index (χ4n) is 2.25. The summed E-state index contributed by atoms with van der Waals surface area (Å²) in [6.45, 7) is 7.29. The number of hydrogen-bond donors (Lipinski definition) is 1. The van der Waals surface area contributed by atoms with Gasteiger partial charge in [-0.25, -0.2) is 0 Å². The Labute approximate surface area is 121 Å². The summed E-state index contributed by atoms with van der Waals surface area (Å²) in [6.07, 6.45) is 2.91. The van der Waals surface area contributed by atoms with Gasteiger partial charge in [0.2, 0.25) is 5.91 Å². The van der Waals surface area contributed by atoms with Crippen LogP contribution in [0, 0.1) is 5.92 Å². The minimum atomic E-state index is 0.123. The van der Waals surface area contributed by atoms with Crippen LogP contribution in [0.4, 0.5) is 0 Å². The molecule has 1 aliphatic rings. The van der Waals surface area contributed by atoms with Gasteiger partial charge in [0.1, 0.15) is 5.75 Å². The van der Waals surface area contributed by atoms with Gasteiger partial charge < -0.3 is 10.1 Å². The second-order valence-corrected chi connectivity index (χ2v) is 6.59. The summed E-state index contributed by atoms with van der Waals surface area (Å²) in [7, 11) is 1.69. The van der Waals surface area contributed by atoms with Gasteiger partial charge in [0, 0.05) is 12.5 Å². The summed E-state index contributed by atoms with van der Waals surface area (Å²) in [4.78, 5) is 11.6. The lowest BCUT2D eigenvalue weighted by molar-refractivity contribution is -0.122. The molecule has 0 bridgehead atoms.